The van der Waals surface area contributed by atoms with Gasteiger partial charge in [-0.25, -0.2) is 4.79 Å². The van der Waals surface area contributed by atoms with Gasteiger partial charge in [-0.2, -0.15) is 0 Å². The summed E-state index contributed by atoms with van der Waals surface area (Å²) in [6.45, 7) is 0.190. The summed E-state index contributed by atoms with van der Waals surface area (Å²) in [7, 11) is 0. The van der Waals surface area contributed by atoms with E-state index in [0.29, 0.717) is 0 Å². The van der Waals surface area contributed by atoms with Gasteiger partial charge in [-0.05, 0) is 18.8 Å². The number of rotatable bonds is 2. The lowest BCUT2D eigenvalue weighted by Gasteiger charge is -2.23. The molecule has 0 unspecified atom stereocenters. The molecule has 2 aliphatic rings. The van der Waals surface area contributed by atoms with Crippen LogP contribution in [0.2, 0.25) is 0 Å². The van der Waals surface area contributed by atoms with Gasteiger partial charge in [0.15, 0.2) is 0 Å². The first-order valence-electron chi connectivity index (χ1n) is 4.03. The number of carbonyl (C=O) groups excluding carboxylic acids is 2. The highest BCUT2D eigenvalue weighted by atomic mass is 35.5. The Balaban J connectivity index is 0.000000845. The molecule has 0 spiro atoms. The number of halogens is 1. The van der Waals surface area contributed by atoms with Gasteiger partial charge in [0.1, 0.15) is 5.54 Å². The topological polar surface area (TPSA) is 84.2 Å². The first-order valence-corrected chi connectivity index (χ1v) is 4.03. The molecular weight excluding hydrogens is 194 g/mol. The fourth-order valence-electron chi connectivity index (χ4n) is 1.68. The van der Waals surface area contributed by atoms with Gasteiger partial charge in [0.05, 0.1) is 0 Å². The Labute approximate surface area is 81.8 Å². The third-order valence-electron chi connectivity index (χ3n) is 2.57. The van der Waals surface area contributed by atoms with Crippen molar-refractivity contribution in [2.45, 2.75) is 18.4 Å². The van der Waals surface area contributed by atoms with Crippen molar-refractivity contribution in [1.82, 2.24) is 10.6 Å². The summed E-state index contributed by atoms with van der Waals surface area (Å²) in [6.07, 6.45) is 1.95. The molecule has 0 aromatic rings. The standard InChI is InChI=1S/C7H11N3O2.ClH/c8-3-7(4-1-2-4)5(11)9-6(12)10-7;/h4H,1-3,8H2,(H2,9,10,11,12);1H/t7-;/m0./s1. The minimum absolute atomic E-state index is 0. The van der Waals surface area contributed by atoms with Gasteiger partial charge in [0.25, 0.3) is 5.91 Å². The number of hydrogen-bond donors (Lipinski definition) is 3. The normalized spacial score (nSPS) is 32.1. The van der Waals surface area contributed by atoms with Crippen LogP contribution in [0.1, 0.15) is 12.8 Å². The third kappa shape index (κ3) is 1.38. The summed E-state index contributed by atoms with van der Waals surface area (Å²) in [4.78, 5) is 22.2. The van der Waals surface area contributed by atoms with Crippen LogP contribution in [-0.4, -0.2) is 24.0 Å². The lowest BCUT2D eigenvalue weighted by molar-refractivity contribution is -0.124. The predicted molar refractivity (Wildman–Crippen MR) is 48.4 cm³/mol. The molecule has 0 aromatic carbocycles. The van der Waals surface area contributed by atoms with Crippen LogP contribution < -0.4 is 16.4 Å². The van der Waals surface area contributed by atoms with Gasteiger partial charge in [0.2, 0.25) is 0 Å². The van der Waals surface area contributed by atoms with Gasteiger partial charge in [-0.1, -0.05) is 0 Å². The fraction of sp³-hybridized carbons (Fsp3) is 0.714. The molecule has 5 nitrogen and oxygen atoms in total. The summed E-state index contributed by atoms with van der Waals surface area (Å²) >= 11 is 0. The van der Waals surface area contributed by atoms with Crippen molar-refractivity contribution in [3.8, 4) is 0 Å². The average Bonchev–Trinajstić information content (AvgIpc) is 2.79. The molecule has 4 N–H and O–H groups in total. The zero-order valence-corrected chi connectivity index (χ0v) is 7.82. The summed E-state index contributed by atoms with van der Waals surface area (Å²) in [5.74, 6) is -0.0218. The zero-order chi connectivity index (χ0) is 8.77. The number of carbonyl (C=O) groups is 2. The molecule has 74 valence electrons. The predicted octanol–water partition coefficient (Wildman–Crippen LogP) is -0.645. The lowest BCUT2D eigenvalue weighted by atomic mass is 9.94. The van der Waals surface area contributed by atoms with E-state index < -0.39 is 11.6 Å². The van der Waals surface area contributed by atoms with Crippen molar-refractivity contribution < 1.29 is 9.59 Å². The first-order chi connectivity index (χ1) is 5.69. The highest BCUT2D eigenvalue weighted by Gasteiger charge is 2.54. The van der Waals surface area contributed by atoms with Crippen LogP contribution in [0.25, 0.3) is 0 Å². The maximum Gasteiger partial charge on any atom is 0.322 e. The number of amides is 3. The van der Waals surface area contributed by atoms with Crippen molar-refractivity contribution in [3.63, 3.8) is 0 Å². The molecule has 1 heterocycles. The van der Waals surface area contributed by atoms with E-state index in [2.05, 4.69) is 10.6 Å². The molecule has 13 heavy (non-hydrogen) atoms. The summed E-state index contributed by atoms with van der Waals surface area (Å²) in [6, 6.07) is -0.419. The Hall–Kier alpha value is -0.810. The van der Waals surface area contributed by atoms with Crippen molar-refractivity contribution in [2.75, 3.05) is 6.54 Å². The van der Waals surface area contributed by atoms with Crippen molar-refractivity contribution >= 4 is 24.3 Å². The Morgan fingerprint density at radius 3 is 2.38 bits per heavy atom. The zero-order valence-electron chi connectivity index (χ0n) is 7.00. The SMILES string of the molecule is Cl.NC[C@@]1(C2CC2)NC(=O)NC1=O. The molecule has 1 atom stereocenters. The molecule has 0 radical (unpaired) electrons. The number of imide groups is 1. The van der Waals surface area contributed by atoms with Crippen LogP contribution in [0.5, 0.6) is 0 Å². The van der Waals surface area contributed by atoms with Gasteiger partial charge in [-0.3, -0.25) is 10.1 Å². The largest absolute Gasteiger partial charge is 0.328 e. The maximum absolute atomic E-state index is 11.3. The van der Waals surface area contributed by atoms with E-state index in [4.69, 9.17) is 5.73 Å². The van der Waals surface area contributed by atoms with E-state index in [1.54, 1.807) is 0 Å². The molecule has 3 amide bonds. The second kappa shape index (κ2) is 3.16. The van der Waals surface area contributed by atoms with E-state index in [0.717, 1.165) is 12.8 Å². The molecule has 1 aliphatic heterocycles. The van der Waals surface area contributed by atoms with E-state index in [1.165, 1.54) is 0 Å². The van der Waals surface area contributed by atoms with Crippen molar-refractivity contribution in [2.24, 2.45) is 11.7 Å². The molecule has 2 fully saturated rings. The number of nitrogens with two attached hydrogens (primary N) is 1. The summed E-state index contributed by atoms with van der Waals surface area (Å²) in [5.41, 5.74) is 4.69. The smallest absolute Gasteiger partial charge is 0.322 e. The molecule has 0 aromatic heterocycles. The molecule has 2 rings (SSSR count). The third-order valence-corrected chi connectivity index (χ3v) is 2.57. The Kier molecular flexibility index (Phi) is 2.49. The summed E-state index contributed by atoms with van der Waals surface area (Å²) < 4.78 is 0. The Morgan fingerprint density at radius 1 is 1.46 bits per heavy atom. The van der Waals surface area contributed by atoms with Crippen molar-refractivity contribution in [3.05, 3.63) is 0 Å². The van der Waals surface area contributed by atoms with Crippen LogP contribution >= 0.6 is 12.4 Å². The van der Waals surface area contributed by atoms with Crippen LogP contribution in [0.4, 0.5) is 4.79 Å². The van der Waals surface area contributed by atoms with Gasteiger partial charge >= 0.3 is 6.03 Å². The van der Waals surface area contributed by atoms with Gasteiger partial charge in [-0.15, -0.1) is 12.4 Å². The van der Waals surface area contributed by atoms with E-state index in [1.807, 2.05) is 0 Å². The van der Waals surface area contributed by atoms with Crippen LogP contribution in [-0.2, 0) is 4.79 Å². The highest BCUT2D eigenvalue weighted by Crippen LogP contribution is 2.40. The van der Waals surface area contributed by atoms with E-state index in [9.17, 15) is 9.59 Å². The van der Waals surface area contributed by atoms with Crippen LogP contribution in [0.15, 0.2) is 0 Å². The number of urea groups is 1. The molecule has 6 heteroatoms. The van der Waals surface area contributed by atoms with Gasteiger partial charge in [0, 0.05) is 6.54 Å². The fourth-order valence-corrected chi connectivity index (χ4v) is 1.68. The van der Waals surface area contributed by atoms with Gasteiger partial charge < -0.3 is 11.1 Å². The Morgan fingerprint density at radius 2 is 2.08 bits per heavy atom. The van der Waals surface area contributed by atoms with Crippen molar-refractivity contribution in [1.29, 1.82) is 0 Å². The molecule has 1 saturated carbocycles. The minimum atomic E-state index is -0.795. The second-order valence-corrected chi connectivity index (χ2v) is 3.36. The molecule has 1 saturated heterocycles. The molecular formula is C7H12ClN3O2. The Bertz CT molecular complexity index is 254. The molecule has 1 aliphatic carbocycles. The second-order valence-electron chi connectivity index (χ2n) is 3.36. The van der Waals surface area contributed by atoms with Crippen LogP contribution in [0.3, 0.4) is 0 Å². The minimum Gasteiger partial charge on any atom is -0.328 e. The molecule has 0 bridgehead atoms. The lowest BCUT2D eigenvalue weighted by Crippen LogP contribution is -2.54. The maximum atomic E-state index is 11.3. The summed E-state index contributed by atoms with van der Waals surface area (Å²) in [5, 5.41) is 4.82. The highest BCUT2D eigenvalue weighted by molar-refractivity contribution is 6.07. The quantitative estimate of drug-likeness (QED) is 0.524. The monoisotopic (exact) mass is 205 g/mol. The average molecular weight is 206 g/mol. The van der Waals surface area contributed by atoms with Crippen LogP contribution in [0, 0.1) is 5.92 Å². The van der Waals surface area contributed by atoms with E-state index >= 15 is 0 Å². The first kappa shape index (κ1) is 10.3. The number of hydrogen-bond acceptors (Lipinski definition) is 3. The van der Waals surface area contributed by atoms with E-state index in [-0.39, 0.29) is 30.8 Å². The number of nitrogens with one attached hydrogen (secondary N) is 2.